The van der Waals surface area contributed by atoms with Crippen LogP contribution in [0.25, 0.3) is 0 Å². The van der Waals surface area contributed by atoms with Crippen LogP contribution in [-0.4, -0.2) is 13.6 Å². The van der Waals surface area contributed by atoms with Gasteiger partial charge in [-0.1, -0.05) is 29.8 Å². The third kappa shape index (κ3) is 2.81. The number of fused-ring (bicyclic) bond motifs is 1. The highest BCUT2D eigenvalue weighted by atomic mass is 15.1. The summed E-state index contributed by atoms with van der Waals surface area (Å²) in [7, 11) is 1.99. The summed E-state index contributed by atoms with van der Waals surface area (Å²) in [5.41, 5.74) is 8.28. The van der Waals surface area contributed by atoms with Gasteiger partial charge in [0.1, 0.15) is 0 Å². The van der Waals surface area contributed by atoms with Crippen LogP contribution in [-0.2, 0) is 13.0 Å². The number of hydrogen-bond donors (Lipinski definition) is 1. The van der Waals surface area contributed by atoms with Crippen LogP contribution in [0.15, 0.2) is 36.4 Å². The molecule has 0 unspecified atom stereocenters. The van der Waals surface area contributed by atoms with E-state index in [9.17, 15) is 0 Å². The smallest absolute Gasteiger partial charge is 0.0443 e. The van der Waals surface area contributed by atoms with Gasteiger partial charge in [0.25, 0.3) is 0 Å². The first-order chi connectivity index (χ1) is 10.2. The Hall–Kier alpha value is -1.80. The Labute approximate surface area is 127 Å². The van der Waals surface area contributed by atoms with Crippen LogP contribution >= 0.6 is 0 Å². The van der Waals surface area contributed by atoms with Gasteiger partial charge in [-0.25, -0.2) is 0 Å². The van der Waals surface area contributed by atoms with E-state index in [4.69, 9.17) is 0 Å². The second-order valence-corrected chi connectivity index (χ2v) is 6.04. The van der Waals surface area contributed by atoms with Crippen molar-refractivity contribution in [2.45, 2.75) is 33.2 Å². The number of aryl methyl sites for hydroxylation is 3. The average Bonchev–Trinajstić information content (AvgIpc) is 2.47. The van der Waals surface area contributed by atoms with Gasteiger partial charge in [0.2, 0.25) is 0 Å². The average molecular weight is 280 g/mol. The Kier molecular flexibility index (Phi) is 3.98. The fourth-order valence-electron chi connectivity index (χ4n) is 3.31. The molecule has 0 aliphatic carbocycles. The van der Waals surface area contributed by atoms with Crippen LogP contribution < -0.4 is 10.2 Å². The standard InChI is InChI=1S/C19H24N2/c1-14-6-8-19-17(11-14)5-4-10-21(19)18-9-7-16(13-20-3)12-15(18)2/h6-9,11-12,20H,4-5,10,13H2,1-3H3. The van der Waals surface area contributed by atoms with Crippen LogP contribution in [0, 0.1) is 13.8 Å². The summed E-state index contributed by atoms with van der Waals surface area (Å²) in [6, 6.07) is 13.7. The van der Waals surface area contributed by atoms with Gasteiger partial charge in [-0.05, 0) is 62.6 Å². The lowest BCUT2D eigenvalue weighted by molar-refractivity contribution is 0.763. The van der Waals surface area contributed by atoms with Crippen molar-refractivity contribution in [2.75, 3.05) is 18.5 Å². The Bertz CT molecular complexity index is 646. The Morgan fingerprint density at radius 1 is 1.05 bits per heavy atom. The van der Waals surface area contributed by atoms with Crippen molar-refractivity contribution in [2.24, 2.45) is 0 Å². The van der Waals surface area contributed by atoms with Crippen LogP contribution in [0.3, 0.4) is 0 Å². The molecule has 2 nitrogen and oxygen atoms in total. The van der Waals surface area contributed by atoms with Crippen LogP contribution in [0.5, 0.6) is 0 Å². The maximum absolute atomic E-state index is 3.22. The van der Waals surface area contributed by atoms with E-state index in [0.29, 0.717) is 0 Å². The fourth-order valence-corrected chi connectivity index (χ4v) is 3.31. The molecule has 0 spiro atoms. The summed E-state index contributed by atoms with van der Waals surface area (Å²) in [6.45, 7) is 6.44. The molecular weight excluding hydrogens is 256 g/mol. The maximum Gasteiger partial charge on any atom is 0.0443 e. The molecule has 0 radical (unpaired) electrons. The first kappa shape index (κ1) is 14.2. The highest BCUT2D eigenvalue weighted by molar-refractivity contribution is 5.70. The molecule has 0 fully saturated rings. The monoisotopic (exact) mass is 280 g/mol. The van der Waals surface area contributed by atoms with Crippen molar-refractivity contribution >= 4 is 11.4 Å². The zero-order valence-corrected chi connectivity index (χ0v) is 13.2. The van der Waals surface area contributed by atoms with Crippen molar-refractivity contribution < 1.29 is 0 Å². The Balaban J connectivity index is 1.99. The van der Waals surface area contributed by atoms with E-state index in [1.54, 1.807) is 0 Å². The molecule has 2 heteroatoms. The van der Waals surface area contributed by atoms with Gasteiger partial charge < -0.3 is 10.2 Å². The second kappa shape index (κ2) is 5.90. The summed E-state index contributed by atoms with van der Waals surface area (Å²) in [5.74, 6) is 0. The second-order valence-electron chi connectivity index (χ2n) is 6.04. The normalized spacial score (nSPS) is 14.1. The highest BCUT2D eigenvalue weighted by Gasteiger charge is 2.19. The number of anilines is 2. The summed E-state index contributed by atoms with van der Waals surface area (Å²) < 4.78 is 0. The van der Waals surface area contributed by atoms with Crippen molar-refractivity contribution in [1.82, 2.24) is 5.32 Å². The molecule has 1 aliphatic heterocycles. The minimum absolute atomic E-state index is 0.927. The van der Waals surface area contributed by atoms with Gasteiger partial charge in [-0.15, -0.1) is 0 Å². The third-order valence-electron chi connectivity index (χ3n) is 4.29. The van der Waals surface area contributed by atoms with Crippen LogP contribution in [0.1, 0.15) is 28.7 Å². The third-order valence-corrected chi connectivity index (χ3v) is 4.29. The van der Waals surface area contributed by atoms with E-state index in [2.05, 4.69) is 60.5 Å². The van der Waals surface area contributed by atoms with Gasteiger partial charge in [-0.2, -0.15) is 0 Å². The lowest BCUT2D eigenvalue weighted by Crippen LogP contribution is -2.25. The Morgan fingerprint density at radius 3 is 2.62 bits per heavy atom. The number of hydrogen-bond acceptors (Lipinski definition) is 2. The van der Waals surface area contributed by atoms with Crippen LogP contribution in [0.2, 0.25) is 0 Å². The summed E-state index contributed by atoms with van der Waals surface area (Å²) >= 11 is 0. The highest BCUT2D eigenvalue weighted by Crippen LogP contribution is 2.35. The molecule has 2 aromatic rings. The number of benzene rings is 2. The predicted octanol–water partition coefficient (Wildman–Crippen LogP) is 4.11. The molecule has 0 saturated carbocycles. The maximum atomic E-state index is 3.22. The molecule has 0 saturated heterocycles. The lowest BCUT2D eigenvalue weighted by Gasteiger charge is -2.33. The number of nitrogens with one attached hydrogen (secondary N) is 1. The van der Waals surface area contributed by atoms with E-state index >= 15 is 0 Å². The van der Waals surface area contributed by atoms with Crippen molar-refractivity contribution in [3.63, 3.8) is 0 Å². The number of rotatable bonds is 3. The molecular formula is C19H24N2. The molecule has 3 rings (SSSR count). The molecule has 0 bridgehead atoms. The van der Waals surface area contributed by atoms with Gasteiger partial charge in [0, 0.05) is 24.5 Å². The van der Waals surface area contributed by atoms with E-state index in [1.165, 1.54) is 46.5 Å². The van der Waals surface area contributed by atoms with E-state index in [1.807, 2.05) is 7.05 Å². The van der Waals surface area contributed by atoms with Gasteiger partial charge in [-0.3, -0.25) is 0 Å². The lowest BCUT2D eigenvalue weighted by atomic mass is 9.98. The molecule has 110 valence electrons. The summed E-state index contributed by atoms with van der Waals surface area (Å²) in [5, 5.41) is 3.22. The first-order valence-corrected chi connectivity index (χ1v) is 7.80. The molecule has 1 N–H and O–H groups in total. The number of nitrogens with zero attached hydrogens (tertiary/aromatic N) is 1. The van der Waals surface area contributed by atoms with E-state index < -0.39 is 0 Å². The zero-order valence-electron chi connectivity index (χ0n) is 13.2. The Morgan fingerprint density at radius 2 is 1.86 bits per heavy atom. The van der Waals surface area contributed by atoms with Crippen molar-refractivity contribution in [3.05, 3.63) is 58.7 Å². The minimum atomic E-state index is 0.927. The fraction of sp³-hybridized carbons (Fsp3) is 0.368. The van der Waals surface area contributed by atoms with Crippen LogP contribution in [0.4, 0.5) is 11.4 Å². The van der Waals surface area contributed by atoms with E-state index in [-0.39, 0.29) is 0 Å². The van der Waals surface area contributed by atoms with Gasteiger partial charge in [0.05, 0.1) is 0 Å². The van der Waals surface area contributed by atoms with Gasteiger partial charge >= 0.3 is 0 Å². The minimum Gasteiger partial charge on any atom is -0.341 e. The van der Waals surface area contributed by atoms with E-state index in [0.717, 1.165) is 13.1 Å². The first-order valence-electron chi connectivity index (χ1n) is 7.80. The summed E-state index contributed by atoms with van der Waals surface area (Å²) in [6.07, 6.45) is 2.43. The topological polar surface area (TPSA) is 15.3 Å². The summed E-state index contributed by atoms with van der Waals surface area (Å²) in [4.78, 5) is 2.48. The molecule has 2 aromatic carbocycles. The molecule has 1 heterocycles. The molecule has 0 aromatic heterocycles. The van der Waals surface area contributed by atoms with Crippen molar-refractivity contribution in [1.29, 1.82) is 0 Å². The molecule has 0 amide bonds. The van der Waals surface area contributed by atoms with Gasteiger partial charge in [0.15, 0.2) is 0 Å². The molecule has 1 aliphatic rings. The van der Waals surface area contributed by atoms with Crippen molar-refractivity contribution in [3.8, 4) is 0 Å². The molecule has 0 atom stereocenters. The largest absolute Gasteiger partial charge is 0.341 e. The zero-order chi connectivity index (χ0) is 14.8. The predicted molar refractivity (Wildman–Crippen MR) is 90.4 cm³/mol. The quantitative estimate of drug-likeness (QED) is 0.910. The SMILES string of the molecule is CNCc1ccc(N2CCCc3cc(C)ccc32)c(C)c1. The molecule has 21 heavy (non-hydrogen) atoms.